The Bertz CT molecular complexity index is 1480. The number of carbonyl (C=O) groups is 1. The van der Waals surface area contributed by atoms with Crippen LogP contribution in [-0.4, -0.2) is 52.3 Å². The number of benzene rings is 2. The Balaban J connectivity index is 1.81. The Morgan fingerprint density at radius 1 is 1.19 bits per heavy atom. The molecule has 0 spiro atoms. The summed E-state index contributed by atoms with van der Waals surface area (Å²) < 4.78 is 41.5. The van der Waals surface area contributed by atoms with Crippen LogP contribution in [0.15, 0.2) is 36.5 Å². The normalized spacial score (nSPS) is 20.6. The summed E-state index contributed by atoms with van der Waals surface area (Å²) >= 11 is 0. The number of fused-ring (bicyclic) bond motifs is 2. The van der Waals surface area contributed by atoms with Crippen molar-refractivity contribution in [2.75, 3.05) is 20.8 Å². The second kappa shape index (κ2) is 9.22. The van der Waals surface area contributed by atoms with E-state index in [1.54, 1.807) is 19.4 Å². The predicted octanol–water partition coefficient (Wildman–Crippen LogP) is 5.84. The van der Waals surface area contributed by atoms with Gasteiger partial charge in [-0.05, 0) is 61.4 Å². The van der Waals surface area contributed by atoms with Gasteiger partial charge >= 0.3 is 5.97 Å². The van der Waals surface area contributed by atoms with E-state index < -0.39 is 28.6 Å². The number of aromatic nitrogens is 3. The monoisotopic (exact) mass is 511 g/mol. The van der Waals surface area contributed by atoms with E-state index in [0.29, 0.717) is 38.0 Å². The molecule has 2 aromatic carbocycles. The molecule has 1 aliphatic carbocycles. The molecule has 2 N–H and O–H groups in total. The summed E-state index contributed by atoms with van der Waals surface area (Å²) in [7, 11) is 3.09. The average Bonchev–Trinajstić information content (AvgIpc) is 3.46. The highest BCUT2D eigenvalue weighted by atomic mass is 19.2. The Kier molecular flexibility index (Phi) is 6.32. The molecular weight excluding hydrogens is 480 g/mol. The van der Waals surface area contributed by atoms with Crippen molar-refractivity contribution in [3.8, 4) is 5.69 Å². The quantitative estimate of drug-likeness (QED) is 0.326. The number of halogens is 2. The fourth-order valence-electron chi connectivity index (χ4n) is 6.03. The number of ether oxygens (including phenoxy) is 2. The first-order chi connectivity index (χ1) is 17.6. The Labute approximate surface area is 213 Å². The van der Waals surface area contributed by atoms with Gasteiger partial charge in [-0.1, -0.05) is 13.8 Å². The number of methoxy groups -OCH3 is 2. The zero-order valence-corrected chi connectivity index (χ0v) is 21.4. The van der Waals surface area contributed by atoms with E-state index in [1.165, 1.54) is 13.2 Å². The summed E-state index contributed by atoms with van der Waals surface area (Å²) in [6.07, 6.45) is 3.69. The standard InChI is InChI=1S/C28H31F2N3O4/c1-27(2,15-36-3)25-24(16-7-9-28(37-4,10-8-16)26(34)35)19-13-22-17(14-31-32-22)11-23(19)33(25)18-5-6-20(29)21(30)12-18/h5-6,11-14,16H,7-10,15H2,1-4H3,(H,31,32)(H,34,35)/t16-,28+. The summed E-state index contributed by atoms with van der Waals surface area (Å²) in [6.45, 7) is 4.53. The highest BCUT2D eigenvalue weighted by Gasteiger charge is 2.44. The van der Waals surface area contributed by atoms with Gasteiger partial charge in [0.1, 0.15) is 0 Å². The number of aromatic amines is 1. The first kappa shape index (κ1) is 25.4. The van der Waals surface area contributed by atoms with Crippen molar-refractivity contribution in [1.82, 2.24) is 14.8 Å². The van der Waals surface area contributed by atoms with E-state index in [1.807, 2.05) is 16.7 Å². The first-order valence-electron chi connectivity index (χ1n) is 12.4. The van der Waals surface area contributed by atoms with E-state index in [2.05, 4.69) is 24.0 Å². The van der Waals surface area contributed by atoms with Gasteiger partial charge in [-0.2, -0.15) is 5.10 Å². The second-order valence-corrected chi connectivity index (χ2v) is 10.6. The van der Waals surface area contributed by atoms with Crippen molar-refractivity contribution in [3.05, 3.63) is 59.4 Å². The molecule has 37 heavy (non-hydrogen) atoms. The summed E-state index contributed by atoms with van der Waals surface area (Å²) in [5.74, 6) is -2.75. The number of aliphatic carboxylic acids is 1. The molecule has 0 atom stereocenters. The minimum Gasteiger partial charge on any atom is -0.479 e. The van der Waals surface area contributed by atoms with E-state index in [-0.39, 0.29) is 5.92 Å². The van der Waals surface area contributed by atoms with Gasteiger partial charge in [0.05, 0.1) is 23.8 Å². The first-order valence-corrected chi connectivity index (χ1v) is 12.4. The van der Waals surface area contributed by atoms with Gasteiger partial charge in [-0.25, -0.2) is 13.6 Å². The maximum Gasteiger partial charge on any atom is 0.335 e. The predicted molar refractivity (Wildman–Crippen MR) is 136 cm³/mol. The van der Waals surface area contributed by atoms with E-state index in [9.17, 15) is 18.7 Å². The van der Waals surface area contributed by atoms with Crippen molar-refractivity contribution in [2.45, 2.75) is 56.5 Å². The molecule has 0 amide bonds. The SMILES string of the molecule is COCC(C)(C)c1c([C@H]2CC[C@](OC)(C(=O)O)CC2)c2cc3[nH]ncc3cc2n1-c1ccc(F)c(F)c1. The molecular formula is C28H31F2N3O4. The summed E-state index contributed by atoms with van der Waals surface area (Å²) in [5, 5.41) is 18.9. The van der Waals surface area contributed by atoms with E-state index in [0.717, 1.165) is 39.1 Å². The molecule has 0 radical (unpaired) electrons. The lowest BCUT2D eigenvalue weighted by atomic mass is 9.73. The topological polar surface area (TPSA) is 89.4 Å². The van der Waals surface area contributed by atoms with Crippen LogP contribution in [0.25, 0.3) is 27.5 Å². The number of carboxylic acid groups (broad SMARTS) is 1. The largest absolute Gasteiger partial charge is 0.479 e. The van der Waals surface area contributed by atoms with Crippen molar-refractivity contribution in [3.63, 3.8) is 0 Å². The number of hydrogen-bond acceptors (Lipinski definition) is 4. The van der Waals surface area contributed by atoms with E-state index in [4.69, 9.17) is 9.47 Å². The van der Waals surface area contributed by atoms with Crippen molar-refractivity contribution >= 4 is 27.8 Å². The van der Waals surface area contributed by atoms with Crippen LogP contribution in [0.5, 0.6) is 0 Å². The van der Waals surface area contributed by atoms with Gasteiger partial charge in [0, 0.05) is 47.9 Å². The molecule has 4 aromatic rings. The van der Waals surface area contributed by atoms with Crippen LogP contribution in [0.4, 0.5) is 8.78 Å². The third-order valence-electron chi connectivity index (χ3n) is 7.86. The summed E-state index contributed by atoms with van der Waals surface area (Å²) in [6, 6.07) is 7.98. The average molecular weight is 512 g/mol. The maximum atomic E-state index is 14.5. The minimum absolute atomic E-state index is 0.0307. The van der Waals surface area contributed by atoms with Gasteiger partial charge in [-0.3, -0.25) is 5.10 Å². The third-order valence-corrected chi connectivity index (χ3v) is 7.86. The Morgan fingerprint density at radius 2 is 1.92 bits per heavy atom. The number of rotatable bonds is 7. The Hall–Kier alpha value is -3.30. The van der Waals surface area contributed by atoms with Gasteiger partial charge in [0.2, 0.25) is 0 Å². The van der Waals surface area contributed by atoms with Crippen molar-refractivity contribution in [1.29, 1.82) is 0 Å². The maximum absolute atomic E-state index is 14.5. The number of nitrogens with zero attached hydrogens (tertiary/aromatic N) is 2. The highest BCUT2D eigenvalue weighted by Crippen LogP contribution is 2.48. The smallest absolute Gasteiger partial charge is 0.335 e. The minimum atomic E-state index is -1.20. The molecule has 0 unspecified atom stereocenters. The molecule has 0 aliphatic heterocycles. The van der Waals surface area contributed by atoms with Gasteiger partial charge in [0.15, 0.2) is 17.2 Å². The van der Waals surface area contributed by atoms with Crippen molar-refractivity contribution in [2.24, 2.45) is 0 Å². The van der Waals surface area contributed by atoms with E-state index >= 15 is 0 Å². The molecule has 1 fully saturated rings. The Morgan fingerprint density at radius 3 is 2.54 bits per heavy atom. The van der Waals surface area contributed by atoms with Crippen LogP contribution >= 0.6 is 0 Å². The molecule has 2 aromatic heterocycles. The fraction of sp³-hybridized carbons (Fsp3) is 0.429. The lowest BCUT2D eigenvalue weighted by molar-refractivity contribution is -0.166. The lowest BCUT2D eigenvalue weighted by Crippen LogP contribution is -2.43. The second-order valence-electron chi connectivity index (χ2n) is 10.6. The van der Waals surface area contributed by atoms with Gasteiger partial charge < -0.3 is 19.1 Å². The zero-order chi connectivity index (χ0) is 26.5. The van der Waals surface area contributed by atoms with Crippen LogP contribution in [0.2, 0.25) is 0 Å². The third kappa shape index (κ3) is 4.10. The van der Waals surface area contributed by atoms with Crippen molar-refractivity contribution < 1.29 is 28.2 Å². The molecule has 1 aliphatic rings. The number of nitrogens with one attached hydrogen (secondary N) is 1. The number of H-pyrrole nitrogens is 1. The lowest BCUT2D eigenvalue weighted by Gasteiger charge is -2.37. The van der Waals surface area contributed by atoms with Gasteiger partial charge in [-0.15, -0.1) is 0 Å². The molecule has 1 saturated carbocycles. The zero-order valence-electron chi connectivity index (χ0n) is 21.4. The molecule has 7 nitrogen and oxygen atoms in total. The van der Waals surface area contributed by atoms with Crippen LogP contribution in [-0.2, 0) is 19.7 Å². The molecule has 5 rings (SSSR count). The van der Waals surface area contributed by atoms with Crippen LogP contribution in [0, 0.1) is 11.6 Å². The molecule has 0 bridgehead atoms. The number of hydrogen-bond donors (Lipinski definition) is 2. The van der Waals surface area contributed by atoms with Gasteiger partial charge in [0.25, 0.3) is 0 Å². The van der Waals surface area contributed by atoms with Crippen LogP contribution in [0.1, 0.15) is 56.7 Å². The molecule has 2 heterocycles. The summed E-state index contributed by atoms with van der Waals surface area (Å²) in [5.41, 5.74) is 2.49. The molecule has 196 valence electrons. The fourth-order valence-corrected chi connectivity index (χ4v) is 6.03. The summed E-state index contributed by atoms with van der Waals surface area (Å²) in [4.78, 5) is 12.0. The molecule has 0 saturated heterocycles. The van der Waals surface area contributed by atoms with Crippen LogP contribution < -0.4 is 0 Å². The van der Waals surface area contributed by atoms with Crippen LogP contribution in [0.3, 0.4) is 0 Å². The highest BCUT2D eigenvalue weighted by molar-refractivity contribution is 5.99. The molecule has 9 heteroatoms. The number of carboxylic acids is 1.